The highest BCUT2D eigenvalue weighted by atomic mass is 32.1. The summed E-state index contributed by atoms with van der Waals surface area (Å²) >= 11 is 1.48. The number of nitrogens with zero attached hydrogens (tertiary/aromatic N) is 2. The van der Waals surface area contributed by atoms with Crippen LogP contribution in [0.4, 0.5) is 0 Å². The number of benzene rings is 1. The largest absolute Gasteiger partial charge is 0.493 e. The van der Waals surface area contributed by atoms with Crippen molar-refractivity contribution in [1.82, 2.24) is 14.9 Å². The van der Waals surface area contributed by atoms with Crippen molar-refractivity contribution in [1.29, 1.82) is 0 Å². The molecular formula is C15H19N3OS. The maximum atomic E-state index is 5.85. The zero-order chi connectivity index (χ0) is 13.9. The monoisotopic (exact) mass is 289 g/mol. The van der Waals surface area contributed by atoms with Crippen LogP contribution in [0.15, 0.2) is 18.2 Å². The molecule has 0 saturated heterocycles. The van der Waals surface area contributed by atoms with Crippen LogP contribution in [0.1, 0.15) is 41.6 Å². The van der Waals surface area contributed by atoms with E-state index in [0.717, 1.165) is 37.4 Å². The number of hydrogen-bond acceptors (Lipinski definition) is 5. The highest BCUT2D eigenvalue weighted by Crippen LogP contribution is 2.37. The summed E-state index contributed by atoms with van der Waals surface area (Å²) in [5.74, 6) is 1.05. The van der Waals surface area contributed by atoms with E-state index < -0.39 is 0 Å². The van der Waals surface area contributed by atoms with Gasteiger partial charge in [-0.1, -0.05) is 36.5 Å². The Morgan fingerprint density at radius 1 is 1.40 bits per heavy atom. The predicted molar refractivity (Wildman–Crippen MR) is 80.4 cm³/mol. The molecule has 1 aromatic heterocycles. The van der Waals surface area contributed by atoms with E-state index in [-0.39, 0.29) is 6.04 Å². The van der Waals surface area contributed by atoms with E-state index in [4.69, 9.17) is 4.74 Å². The van der Waals surface area contributed by atoms with Gasteiger partial charge in [0.2, 0.25) is 0 Å². The van der Waals surface area contributed by atoms with Crippen molar-refractivity contribution < 1.29 is 4.74 Å². The lowest BCUT2D eigenvalue weighted by Crippen LogP contribution is -2.22. The summed E-state index contributed by atoms with van der Waals surface area (Å²) < 4.78 is 9.98. The van der Waals surface area contributed by atoms with E-state index in [1.54, 1.807) is 0 Å². The number of aromatic nitrogens is 2. The van der Waals surface area contributed by atoms with Crippen molar-refractivity contribution in [3.05, 3.63) is 39.9 Å². The topological polar surface area (TPSA) is 47.0 Å². The first-order valence-electron chi connectivity index (χ1n) is 7.14. The van der Waals surface area contributed by atoms with Crippen LogP contribution >= 0.6 is 11.5 Å². The molecule has 2 aromatic rings. The molecule has 1 aromatic carbocycles. The molecule has 1 N–H and O–H groups in total. The van der Waals surface area contributed by atoms with Gasteiger partial charge >= 0.3 is 0 Å². The summed E-state index contributed by atoms with van der Waals surface area (Å²) in [6.45, 7) is 5.93. The van der Waals surface area contributed by atoms with Crippen LogP contribution in [-0.2, 0) is 12.8 Å². The molecule has 0 bridgehead atoms. The highest BCUT2D eigenvalue weighted by molar-refractivity contribution is 7.05. The van der Waals surface area contributed by atoms with Crippen molar-refractivity contribution in [3.8, 4) is 5.75 Å². The van der Waals surface area contributed by atoms with Gasteiger partial charge in [-0.05, 0) is 30.1 Å². The Kier molecular flexibility index (Phi) is 3.98. The first kappa shape index (κ1) is 13.5. The van der Waals surface area contributed by atoms with Gasteiger partial charge in [-0.2, -0.15) is 0 Å². The summed E-state index contributed by atoms with van der Waals surface area (Å²) in [5, 5.41) is 7.80. The van der Waals surface area contributed by atoms with Crippen molar-refractivity contribution in [2.45, 2.75) is 32.7 Å². The lowest BCUT2D eigenvalue weighted by atomic mass is 9.99. The van der Waals surface area contributed by atoms with Crippen LogP contribution in [-0.4, -0.2) is 22.7 Å². The number of ether oxygens (including phenoxy) is 1. The predicted octanol–water partition coefficient (Wildman–Crippen LogP) is 2.73. The number of para-hydroxylation sites is 1. The first-order valence-corrected chi connectivity index (χ1v) is 7.91. The molecule has 1 aliphatic heterocycles. The van der Waals surface area contributed by atoms with Crippen LogP contribution < -0.4 is 10.1 Å². The Hall–Kier alpha value is -1.46. The van der Waals surface area contributed by atoms with Gasteiger partial charge < -0.3 is 10.1 Å². The van der Waals surface area contributed by atoms with Crippen molar-refractivity contribution in [2.75, 3.05) is 13.2 Å². The van der Waals surface area contributed by atoms with Gasteiger partial charge in [-0.25, -0.2) is 0 Å². The Labute approximate surface area is 123 Å². The average molecular weight is 289 g/mol. The van der Waals surface area contributed by atoms with E-state index in [1.165, 1.54) is 27.5 Å². The standard InChI is InChI=1S/C15H19N3OS/c1-3-12-15(20-18-17-12)13(16-4-2)11-7-5-6-10-8-9-19-14(10)11/h5-7,13,16H,3-4,8-9H2,1-2H3. The third-order valence-electron chi connectivity index (χ3n) is 3.65. The Bertz CT molecular complexity index is 597. The van der Waals surface area contributed by atoms with Crippen LogP contribution in [0.25, 0.3) is 0 Å². The first-order chi connectivity index (χ1) is 9.85. The van der Waals surface area contributed by atoms with E-state index in [0.29, 0.717) is 0 Å². The lowest BCUT2D eigenvalue weighted by Gasteiger charge is -2.19. The van der Waals surface area contributed by atoms with E-state index in [9.17, 15) is 0 Å². The summed E-state index contributed by atoms with van der Waals surface area (Å²) in [7, 11) is 0. The second-order valence-electron chi connectivity index (χ2n) is 4.86. The van der Waals surface area contributed by atoms with Crippen LogP contribution in [0.2, 0.25) is 0 Å². The molecule has 20 heavy (non-hydrogen) atoms. The lowest BCUT2D eigenvalue weighted by molar-refractivity contribution is 0.350. The zero-order valence-electron chi connectivity index (χ0n) is 11.8. The van der Waals surface area contributed by atoms with Crippen LogP contribution in [0.5, 0.6) is 5.75 Å². The third-order valence-corrected chi connectivity index (χ3v) is 4.48. The van der Waals surface area contributed by atoms with Crippen LogP contribution in [0, 0.1) is 0 Å². The fraction of sp³-hybridized carbons (Fsp3) is 0.467. The smallest absolute Gasteiger partial charge is 0.127 e. The number of rotatable bonds is 5. The van der Waals surface area contributed by atoms with Gasteiger partial charge in [0.05, 0.1) is 23.2 Å². The van der Waals surface area contributed by atoms with Gasteiger partial charge in [0.1, 0.15) is 5.75 Å². The van der Waals surface area contributed by atoms with E-state index >= 15 is 0 Å². The molecule has 2 heterocycles. The van der Waals surface area contributed by atoms with Crippen molar-refractivity contribution in [3.63, 3.8) is 0 Å². The molecule has 5 heteroatoms. The zero-order valence-corrected chi connectivity index (χ0v) is 12.7. The number of nitrogens with one attached hydrogen (secondary N) is 1. The van der Waals surface area contributed by atoms with Gasteiger partial charge in [-0.15, -0.1) is 5.10 Å². The molecule has 106 valence electrons. The van der Waals surface area contributed by atoms with Gasteiger partial charge in [0.25, 0.3) is 0 Å². The normalized spacial score (nSPS) is 14.9. The van der Waals surface area contributed by atoms with Crippen molar-refractivity contribution >= 4 is 11.5 Å². The maximum Gasteiger partial charge on any atom is 0.127 e. The molecule has 3 rings (SSSR count). The molecule has 0 aliphatic carbocycles. The molecule has 1 unspecified atom stereocenters. The van der Waals surface area contributed by atoms with Gasteiger partial charge in [0, 0.05) is 12.0 Å². The molecule has 0 saturated carbocycles. The quantitative estimate of drug-likeness (QED) is 0.919. The second-order valence-corrected chi connectivity index (χ2v) is 5.65. The van der Waals surface area contributed by atoms with Crippen LogP contribution in [0.3, 0.4) is 0 Å². The van der Waals surface area contributed by atoms with E-state index in [2.05, 4.69) is 47.0 Å². The molecule has 1 aliphatic rings. The summed E-state index contributed by atoms with van der Waals surface area (Å²) in [6, 6.07) is 6.55. The number of hydrogen-bond donors (Lipinski definition) is 1. The SMILES string of the molecule is CCNC(c1cccc2c1OCC2)c1snnc1CC. The fourth-order valence-corrected chi connectivity index (χ4v) is 3.53. The average Bonchev–Trinajstić information content (AvgIpc) is 3.12. The second kappa shape index (κ2) is 5.89. The minimum atomic E-state index is 0.128. The fourth-order valence-electron chi connectivity index (χ4n) is 2.70. The maximum absolute atomic E-state index is 5.85. The molecule has 0 spiro atoms. The summed E-state index contributed by atoms with van der Waals surface area (Å²) in [5.41, 5.74) is 3.60. The molecular weight excluding hydrogens is 270 g/mol. The molecule has 0 amide bonds. The molecule has 0 fully saturated rings. The van der Waals surface area contributed by atoms with Crippen molar-refractivity contribution in [2.24, 2.45) is 0 Å². The minimum Gasteiger partial charge on any atom is -0.493 e. The summed E-state index contributed by atoms with van der Waals surface area (Å²) in [4.78, 5) is 1.21. The van der Waals surface area contributed by atoms with Gasteiger partial charge in [0.15, 0.2) is 0 Å². The van der Waals surface area contributed by atoms with E-state index in [1.807, 2.05) is 0 Å². The Morgan fingerprint density at radius 3 is 3.10 bits per heavy atom. The minimum absolute atomic E-state index is 0.128. The third kappa shape index (κ3) is 2.31. The molecule has 4 nitrogen and oxygen atoms in total. The Balaban J connectivity index is 2.06. The molecule has 1 atom stereocenters. The Morgan fingerprint density at radius 2 is 2.30 bits per heavy atom. The number of aryl methyl sites for hydroxylation is 1. The summed E-state index contributed by atoms with van der Waals surface area (Å²) in [6.07, 6.45) is 1.91. The number of fused-ring (bicyclic) bond motifs is 1. The highest BCUT2D eigenvalue weighted by Gasteiger charge is 2.26. The molecule has 0 radical (unpaired) electrons. The van der Waals surface area contributed by atoms with Gasteiger partial charge in [-0.3, -0.25) is 0 Å².